The number of carbonyl (C=O) groups is 1. The minimum atomic E-state index is -0.413. The van der Waals surface area contributed by atoms with Crippen molar-refractivity contribution in [3.8, 4) is 0 Å². The van der Waals surface area contributed by atoms with Crippen LogP contribution in [0, 0.1) is 5.82 Å². The van der Waals surface area contributed by atoms with E-state index in [1.54, 1.807) is 24.4 Å². The third-order valence-corrected chi connectivity index (χ3v) is 4.17. The van der Waals surface area contributed by atoms with Gasteiger partial charge in [-0.15, -0.1) is 0 Å². The van der Waals surface area contributed by atoms with E-state index in [-0.39, 0.29) is 5.76 Å². The maximum Gasteiger partial charge on any atom is 0.291 e. The lowest BCUT2D eigenvalue weighted by Crippen LogP contribution is -2.10. The van der Waals surface area contributed by atoms with Crippen molar-refractivity contribution in [1.29, 1.82) is 0 Å². The standard InChI is InChI=1S/C16H14FN3O2S/c1-20-8-7-18-16(20)23-10-13-5-6-14(22-13)15(21)19-12-4-2-3-11(17)9-12/h2-9H,10H2,1H3,(H,19,21). The number of hydrogen-bond acceptors (Lipinski definition) is 4. The third kappa shape index (κ3) is 3.81. The summed E-state index contributed by atoms with van der Waals surface area (Å²) < 4.78 is 20.5. The Bertz CT molecular complexity index is 828. The van der Waals surface area contributed by atoms with Crippen LogP contribution in [0.15, 0.2) is 58.4 Å². The number of rotatable bonds is 5. The molecule has 1 N–H and O–H groups in total. The van der Waals surface area contributed by atoms with Crippen molar-refractivity contribution in [2.75, 3.05) is 5.32 Å². The summed E-state index contributed by atoms with van der Waals surface area (Å²) in [5.41, 5.74) is 0.385. The van der Waals surface area contributed by atoms with Crippen molar-refractivity contribution >= 4 is 23.4 Å². The Balaban J connectivity index is 1.62. The quantitative estimate of drug-likeness (QED) is 0.724. The Morgan fingerprint density at radius 2 is 2.26 bits per heavy atom. The summed E-state index contributed by atoms with van der Waals surface area (Å²) in [6.45, 7) is 0. The molecule has 0 spiro atoms. The first-order chi connectivity index (χ1) is 11.1. The van der Waals surface area contributed by atoms with Crippen LogP contribution in [0.1, 0.15) is 16.3 Å². The van der Waals surface area contributed by atoms with Gasteiger partial charge in [-0.2, -0.15) is 0 Å². The number of thioether (sulfide) groups is 1. The predicted octanol–water partition coefficient (Wildman–Crippen LogP) is 3.70. The second-order valence-corrected chi connectivity index (χ2v) is 5.78. The van der Waals surface area contributed by atoms with Crippen molar-refractivity contribution in [3.63, 3.8) is 0 Å². The fourth-order valence-electron chi connectivity index (χ4n) is 1.96. The molecule has 0 saturated heterocycles. The topological polar surface area (TPSA) is 60.1 Å². The molecule has 0 fully saturated rings. The number of benzene rings is 1. The lowest BCUT2D eigenvalue weighted by atomic mass is 10.3. The first-order valence-corrected chi connectivity index (χ1v) is 7.86. The highest BCUT2D eigenvalue weighted by Gasteiger charge is 2.12. The monoisotopic (exact) mass is 331 g/mol. The average Bonchev–Trinajstić information content (AvgIpc) is 3.14. The number of nitrogens with zero attached hydrogens (tertiary/aromatic N) is 2. The van der Waals surface area contributed by atoms with Crippen molar-refractivity contribution in [2.24, 2.45) is 7.05 Å². The van der Waals surface area contributed by atoms with Gasteiger partial charge in [0.05, 0.1) is 5.75 Å². The minimum absolute atomic E-state index is 0.185. The molecule has 1 amide bonds. The van der Waals surface area contributed by atoms with Gasteiger partial charge in [-0.25, -0.2) is 9.37 Å². The SMILES string of the molecule is Cn1ccnc1SCc1ccc(C(=O)Nc2cccc(F)c2)o1. The number of amides is 1. The van der Waals surface area contributed by atoms with Gasteiger partial charge in [0.1, 0.15) is 11.6 Å². The molecule has 118 valence electrons. The van der Waals surface area contributed by atoms with Crippen molar-refractivity contribution in [2.45, 2.75) is 10.9 Å². The minimum Gasteiger partial charge on any atom is -0.455 e. The molecule has 0 bridgehead atoms. The van der Waals surface area contributed by atoms with Crippen LogP contribution in [0.2, 0.25) is 0 Å². The molecule has 0 aliphatic carbocycles. The summed E-state index contributed by atoms with van der Waals surface area (Å²) in [6.07, 6.45) is 3.59. The fraction of sp³-hybridized carbons (Fsp3) is 0.125. The highest BCUT2D eigenvalue weighted by molar-refractivity contribution is 7.98. The summed E-state index contributed by atoms with van der Waals surface area (Å²) in [4.78, 5) is 16.3. The van der Waals surface area contributed by atoms with Gasteiger partial charge in [-0.1, -0.05) is 17.8 Å². The van der Waals surface area contributed by atoms with Crippen LogP contribution in [-0.2, 0) is 12.8 Å². The summed E-state index contributed by atoms with van der Waals surface area (Å²) in [6, 6.07) is 9.05. The Labute approximate surface area is 136 Å². The molecule has 0 aliphatic rings. The molecule has 2 aromatic heterocycles. The molecular weight excluding hydrogens is 317 g/mol. The highest BCUT2D eigenvalue weighted by Crippen LogP contribution is 2.22. The molecule has 3 aromatic rings. The molecule has 0 atom stereocenters. The van der Waals surface area contributed by atoms with Crippen molar-refractivity contribution in [1.82, 2.24) is 9.55 Å². The molecule has 1 aromatic carbocycles. The van der Waals surface area contributed by atoms with Gasteiger partial charge in [0.25, 0.3) is 5.91 Å². The smallest absolute Gasteiger partial charge is 0.291 e. The highest BCUT2D eigenvalue weighted by atomic mass is 32.2. The van der Waals surface area contributed by atoms with Crippen LogP contribution in [0.25, 0.3) is 0 Å². The number of nitrogens with one attached hydrogen (secondary N) is 1. The van der Waals surface area contributed by atoms with E-state index in [9.17, 15) is 9.18 Å². The number of furan rings is 1. The zero-order chi connectivity index (χ0) is 16.2. The number of aromatic nitrogens is 2. The van der Waals surface area contributed by atoms with Gasteiger partial charge >= 0.3 is 0 Å². The Hall–Kier alpha value is -2.54. The van der Waals surface area contributed by atoms with Gasteiger partial charge in [0.15, 0.2) is 10.9 Å². The third-order valence-electron chi connectivity index (χ3n) is 3.09. The molecular formula is C16H14FN3O2S. The average molecular weight is 331 g/mol. The predicted molar refractivity (Wildman–Crippen MR) is 85.8 cm³/mol. The number of aryl methyl sites for hydroxylation is 1. The molecule has 2 heterocycles. The van der Waals surface area contributed by atoms with Crippen LogP contribution in [0.5, 0.6) is 0 Å². The van der Waals surface area contributed by atoms with Gasteiger partial charge in [-0.3, -0.25) is 4.79 Å². The Morgan fingerprint density at radius 1 is 1.39 bits per heavy atom. The van der Waals surface area contributed by atoms with E-state index in [0.717, 1.165) is 5.16 Å². The molecule has 5 nitrogen and oxygen atoms in total. The molecule has 0 radical (unpaired) electrons. The molecule has 23 heavy (non-hydrogen) atoms. The summed E-state index contributed by atoms with van der Waals surface area (Å²) in [7, 11) is 1.91. The van der Waals surface area contributed by atoms with E-state index in [0.29, 0.717) is 17.2 Å². The molecule has 3 rings (SSSR count). The van der Waals surface area contributed by atoms with E-state index in [2.05, 4.69) is 10.3 Å². The second kappa shape index (κ2) is 6.70. The number of carbonyl (C=O) groups excluding carboxylic acids is 1. The fourth-order valence-corrected chi connectivity index (χ4v) is 2.79. The largest absolute Gasteiger partial charge is 0.455 e. The zero-order valence-electron chi connectivity index (χ0n) is 12.3. The lowest BCUT2D eigenvalue weighted by molar-refractivity contribution is 0.0995. The number of hydrogen-bond donors (Lipinski definition) is 1. The summed E-state index contributed by atoms with van der Waals surface area (Å²) in [5.74, 6) is 0.600. The van der Waals surface area contributed by atoms with Crippen LogP contribution in [0.4, 0.5) is 10.1 Å². The number of imidazole rings is 1. The van der Waals surface area contributed by atoms with Gasteiger partial charge < -0.3 is 14.3 Å². The van der Waals surface area contributed by atoms with Gasteiger partial charge in [0, 0.05) is 25.1 Å². The maximum atomic E-state index is 13.1. The van der Waals surface area contributed by atoms with E-state index < -0.39 is 11.7 Å². The number of anilines is 1. The number of halogens is 1. The van der Waals surface area contributed by atoms with E-state index in [1.165, 1.54) is 30.0 Å². The van der Waals surface area contributed by atoms with E-state index >= 15 is 0 Å². The molecule has 0 saturated carbocycles. The first kappa shape index (κ1) is 15.4. The lowest BCUT2D eigenvalue weighted by Gasteiger charge is -2.03. The van der Waals surface area contributed by atoms with Gasteiger partial charge in [-0.05, 0) is 30.3 Å². The van der Waals surface area contributed by atoms with E-state index in [4.69, 9.17) is 4.42 Å². The second-order valence-electron chi connectivity index (χ2n) is 4.84. The first-order valence-electron chi connectivity index (χ1n) is 6.87. The zero-order valence-corrected chi connectivity index (χ0v) is 13.1. The molecule has 0 aliphatic heterocycles. The van der Waals surface area contributed by atoms with Gasteiger partial charge in [0.2, 0.25) is 0 Å². The van der Waals surface area contributed by atoms with Crippen molar-refractivity contribution in [3.05, 3.63) is 66.1 Å². The summed E-state index contributed by atoms with van der Waals surface area (Å²) >= 11 is 1.51. The Kier molecular flexibility index (Phi) is 4.47. The molecule has 0 unspecified atom stereocenters. The van der Waals surface area contributed by atoms with Crippen LogP contribution < -0.4 is 5.32 Å². The summed E-state index contributed by atoms with van der Waals surface area (Å²) in [5, 5.41) is 3.46. The normalized spacial score (nSPS) is 10.7. The maximum absolute atomic E-state index is 13.1. The van der Waals surface area contributed by atoms with Crippen LogP contribution in [-0.4, -0.2) is 15.5 Å². The van der Waals surface area contributed by atoms with Crippen molar-refractivity contribution < 1.29 is 13.6 Å². The van der Waals surface area contributed by atoms with Crippen LogP contribution >= 0.6 is 11.8 Å². The Morgan fingerprint density at radius 3 is 3.00 bits per heavy atom. The van der Waals surface area contributed by atoms with Crippen LogP contribution in [0.3, 0.4) is 0 Å². The molecule has 7 heteroatoms. The van der Waals surface area contributed by atoms with E-state index in [1.807, 2.05) is 17.8 Å².